The molecule has 1 amide bonds. The first-order valence-corrected chi connectivity index (χ1v) is 8.11. The van der Waals surface area contributed by atoms with Crippen molar-refractivity contribution in [3.63, 3.8) is 0 Å². The summed E-state index contributed by atoms with van der Waals surface area (Å²) in [5, 5.41) is 3.06. The van der Waals surface area contributed by atoms with Crippen LogP contribution in [0.4, 0.5) is 4.39 Å². The summed E-state index contributed by atoms with van der Waals surface area (Å²) in [4.78, 5) is 12.3. The molecule has 1 aliphatic heterocycles. The standard InChI is InChI=1S/C19H18FNO3/c20-15-4-2-1-3-13(15)11-18(22)21-19(7-8-19)14-5-6-16-17(12-14)24-10-9-23-16/h1-6,12H,7-11H2,(H,21,22). The highest BCUT2D eigenvalue weighted by molar-refractivity contribution is 5.80. The van der Waals surface area contributed by atoms with Gasteiger partial charge in [0.25, 0.3) is 0 Å². The number of carbonyl (C=O) groups excluding carboxylic acids is 1. The van der Waals surface area contributed by atoms with E-state index in [0.717, 1.165) is 24.2 Å². The van der Waals surface area contributed by atoms with E-state index in [4.69, 9.17) is 9.47 Å². The van der Waals surface area contributed by atoms with Gasteiger partial charge in [-0.2, -0.15) is 0 Å². The number of carbonyl (C=O) groups is 1. The maximum atomic E-state index is 13.7. The number of hydrogen-bond donors (Lipinski definition) is 1. The summed E-state index contributed by atoms with van der Waals surface area (Å²) in [5.74, 6) is 0.927. The molecule has 2 aromatic rings. The van der Waals surface area contributed by atoms with Crippen molar-refractivity contribution < 1.29 is 18.7 Å². The topological polar surface area (TPSA) is 47.6 Å². The molecule has 2 aliphatic rings. The molecule has 5 heteroatoms. The van der Waals surface area contributed by atoms with Crippen LogP contribution < -0.4 is 14.8 Å². The zero-order valence-electron chi connectivity index (χ0n) is 13.2. The predicted molar refractivity (Wildman–Crippen MR) is 86.6 cm³/mol. The van der Waals surface area contributed by atoms with Crippen LogP contribution in [0.15, 0.2) is 42.5 Å². The summed E-state index contributed by atoms with van der Waals surface area (Å²) in [6.45, 7) is 1.08. The first-order valence-electron chi connectivity index (χ1n) is 8.11. The lowest BCUT2D eigenvalue weighted by molar-refractivity contribution is -0.121. The largest absolute Gasteiger partial charge is 0.486 e. The van der Waals surface area contributed by atoms with Crippen molar-refractivity contribution in [1.82, 2.24) is 5.32 Å². The van der Waals surface area contributed by atoms with Crippen LogP contribution in [0.1, 0.15) is 24.0 Å². The van der Waals surface area contributed by atoms with Crippen LogP contribution in [-0.2, 0) is 16.8 Å². The Morgan fingerprint density at radius 3 is 2.58 bits per heavy atom. The molecule has 1 heterocycles. The van der Waals surface area contributed by atoms with Crippen molar-refractivity contribution in [1.29, 1.82) is 0 Å². The second-order valence-electron chi connectivity index (χ2n) is 6.26. The van der Waals surface area contributed by atoms with E-state index in [9.17, 15) is 9.18 Å². The third-order valence-electron chi connectivity index (χ3n) is 4.53. The number of benzene rings is 2. The van der Waals surface area contributed by atoms with E-state index in [1.54, 1.807) is 18.2 Å². The van der Waals surface area contributed by atoms with Crippen molar-refractivity contribution >= 4 is 5.91 Å². The summed E-state index contributed by atoms with van der Waals surface area (Å²) in [7, 11) is 0. The molecule has 124 valence electrons. The molecule has 0 spiro atoms. The van der Waals surface area contributed by atoms with Gasteiger partial charge in [-0.05, 0) is 42.2 Å². The maximum absolute atomic E-state index is 13.7. The van der Waals surface area contributed by atoms with Crippen molar-refractivity contribution in [2.75, 3.05) is 13.2 Å². The highest BCUT2D eigenvalue weighted by Gasteiger charge is 2.46. The van der Waals surface area contributed by atoms with Gasteiger partial charge in [-0.3, -0.25) is 4.79 Å². The molecule has 4 nitrogen and oxygen atoms in total. The highest BCUT2D eigenvalue weighted by Crippen LogP contribution is 2.47. The molecule has 2 aromatic carbocycles. The third kappa shape index (κ3) is 2.82. The Hall–Kier alpha value is -2.56. The van der Waals surface area contributed by atoms with Crippen LogP contribution >= 0.6 is 0 Å². The number of nitrogens with one attached hydrogen (secondary N) is 1. The van der Waals surface area contributed by atoms with E-state index >= 15 is 0 Å². The van der Waals surface area contributed by atoms with E-state index in [1.807, 2.05) is 18.2 Å². The Morgan fingerprint density at radius 1 is 1.08 bits per heavy atom. The lowest BCUT2D eigenvalue weighted by atomic mass is 10.0. The van der Waals surface area contributed by atoms with E-state index in [0.29, 0.717) is 24.5 Å². The van der Waals surface area contributed by atoms with Crippen molar-refractivity contribution in [3.8, 4) is 11.5 Å². The van der Waals surface area contributed by atoms with Gasteiger partial charge in [0.05, 0.1) is 12.0 Å². The molecule has 1 fully saturated rings. The summed E-state index contributed by atoms with van der Waals surface area (Å²) in [6.07, 6.45) is 1.78. The van der Waals surface area contributed by atoms with Gasteiger partial charge in [-0.15, -0.1) is 0 Å². The number of fused-ring (bicyclic) bond motifs is 1. The van der Waals surface area contributed by atoms with Crippen LogP contribution in [0.3, 0.4) is 0 Å². The molecular formula is C19H18FNO3. The fraction of sp³-hybridized carbons (Fsp3) is 0.316. The van der Waals surface area contributed by atoms with Gasteiger partial charge in [0.2, 0.25) is 5.91 Å². The number of halogens is 1. The molecule has 24 heavy (non-hydrogen) atoms. The van der Waals surface area contributed by atoms with Crippen molar-refractivity contribution in [2.45, 2.75) is 24.8 Å². The first-order chi connectivity index (χ1) is 11.7. The molecular weight excluding hydrogens is 309 g/mol. The lowest BCUT2D eigenvalue weighted by Gasteiger charge is -2.23. The SMILES string of the molecule is O=C(Cc1ccccc1F)NC1(c2ccc3c(c2)OCCO3)CC1. The van der Waals surface area contributed by atoms with Crippen LogP contribution in [0, 0.1) is 5.82 Å². The van der Waals surface area contributed by atoms with Crippen LogP contribution in [0.5, 0.6) is 11.5 Å². The zero-order chi connectivity index (χ0) is 16.6. The van der Waals surface area contributed by atoms with E-state index < -0.39 is 0 Å². The second-order valence-corrected chi connectivity index (χ2v) is 6.26. The van der Waals surface area contributed by atoms with Gasteiger partial charge in [0, 0.05) is 0 Å². The summed E-state index contributed by atoms with van der Waals surface area (Å²) < 4.78 is 24.8. The van der Waals surface area contributed by atoms with E-state index in [2.05, 4.69) is 5.32 Å². The minimum absolute atomic E-state index is 0.0406. The Morgan fingerprint density at radius 2 is 1.83 bits per heavy atom. The molecule has 1 aliphatic carbocycles. The van der Waals surface area contributed by atoms with Gasteiger partial charge < -0.3 is 14.8 Å². The van der Waals surface area contributed by atoms with Crippen molar-refractivity contribution in [3.05, 3.63) is 59.4 Å². The minimum atomic E-state index is -0.363. The Bertz CT molecular complexity index is 786. The molecule has 4 rings (SSSR count). The third-order valence-corrected chi connectivity index (χ3v) is 4.53. The van der Waals surface area contributed by atoms with Crippen LogP contribution in [-0.4, -0.2) is 19.1 Å². The number of ether oxygens (including phenoxy) is 2. The lowest BCUT2D eigenvalue weighted by Crippen LogP contribution is -2.36. The first kappa shape index (κ1) is 15.0. The fourth-order valence-corrected chi connectivity index (χ4v) is 3.08. The van der Waals surface area contributed by atoms with Gasteiger partial charge in [-0.25, -0.2) is 4.39 Å². The van der Waals surface area contributed by atoms with Gasteiger partial charge >= 0.3 is 0 Å². The Balaban J connectivity index is 1.50. The Kier molecular flexibility index (Phi) is 3.63. The average Bonchev–Trinajstić information content (AvgIpc) is 3.37. The van der Waals surface area contributed by atoms with Gasteiger partial charge in [0.15, 0.2) is 11.5 Å². The normalized spacial score (nSPS) is 17.2. The Labute approximate surface area is 139 Å². The zero-order valence-corrected chi connectivity index (χ0v) is 13.2. The number of hydrogen-bond acceptors (Lipinski definition) is 3. The maximum Gasteiger partial charge on any atom is 0.225 e. The summed E-state index contributed by atoms with van der Waals surface area (Å²) in [6, 6.07) is 12.1. The fourth-order valence-electron chi connectivity index (χ4n) is 3.08. The van der Waals surface area contributed by atoms with Crippen molar-refractivity contribution in [2.24, 2.45) is 0 Å². The molecule has 0 saturated heterocycles. The monoisotopic (exact) mass is 327 g/mol. The summed E-state index contributed by atoms with van der Waals surface area (Å²) in [5.41, 5.74) is 1.06. The smallest absolute Gasteiger partial charge is 0.225 e. The molecule has 0 radical (unpaired) electrons. The molecule has 0 unspecified atom stereocenters. The highest BCUT2D eigenvalue weighted by atomic mass is 19.1. The minimum Gasteiger partial charge on any atom is -0.486 e. The molecule has 1 N–H and O–H groups in total. The van der Waals surface area contributed by atoms with Crippen LogP contribution in [0.25, 0.3) is 0 Å². The van der Waals surface area contributed by atoms with E-state index in [1.165, 1.54) is 6.07 Å². The van der Waals surface area contributed by atoms with Gasteiger partial charge in [-0.1, -0.05) is 24.3 Å². The second kappa shape index (κ2) is 5.82. The van der Waals surface area contributed by atoms with E-state index in [-0.39, 0.29) is 23.7 Å². The number of amides is 1. The average molecular weight is 327 g/mol. The van der Waals surface area contributed by atoms with Crippen LogP contribution in [0.2, 0.25) is 0 Å². The predicted octanol–water partition coefficient (Wildman–Crippen LogP) is 2.94. The molecule has 0 aromatic heterocycles. The molecule has 1 saturated carbocycles. The molecule has 0 bridgehead atoms. The molecule has 0 atom stereocenters. The van der Waals surface area contributed by atoms with Gasteiger partial charge in [0.1, 0.15) is 19.0 Å². The summed E-state index contributed by atoms with van der Waals surface area (Å²) >= 11 is 0. The quantitative estimate of drug-likeness (QED) is 0.939. The number of rotatable bonds is 4.